The smallest absolute Gasteiger partial charge is 0.237 e. The van der Waals surface area contributed by atoms with E-state index in [0.29, 0.717) is 24.9 Å². The minimum absolute atomic E-state index is 0.495. The fraction of sp³-hybridized carbons (Fsp3) is 1.00. The number of halogens is 3. The Morgan fingerprint density at radius 2 is 1.62 bits per heavy atom. The van der Waals surface area contributed by atoms with Gasteiger partial charge < -0.3 is 0 Å². The van der Waals surface area contributed by atoms with Crippen molar-refractivity contribution in [1.82, 2.24) is 10.4 Å². The first-order valence-corrected chi connectivity index (χ1v) is 4.64. The first-order chi connectivity index (χ1) is 6.04. The Hall–Kier alpha value is -0.290. The van der Waals surface area contributed by atoms with E-state index < -0.39 is 6.30 Å². The molecule has 2 atom stereocenters. The molecule has 0 aromatic rings. The first-order valence-electron chi connectivity index (χ1n) is 4.64. The summed E-state index contributed by atoms with van der Waals surface area (Å²) in [6.07, 6.45) is -0.880. The van der Waals surface area contributed by atoms with Gasteiger partial charge in [-0.05, 0) is 24.7 Å². The maximum atomic E-state index is 11.9. The lowest BCUT2D eigenvalue weighted by atomic mass is 10.0. The van der Waals surface area contributed by atoms with Crippen LogP contribution in [0.1, 0.15) is 19.3 Å². The molecule has 13 heavy (non-hydrogen) atoms. The topological polar surface area (TPSA) is 15.3 Å². The zero-order valence-corrected chi connectivity index (χ0v) is 7.27. The van der Waals surface area contributed by atoms with E-state index in [1.54, 1.807) is 5.43 Å². The van der Waals surface area contributed by atoms with Gasteiger partial charge in [-0.3, -0.25) is 0 Å². The normalized spacial score (nSPS) is 35.3. The van der Waals surface area contributed by atoms with Crippen LogP contribution in [-0.4, -0.2) is 24.4 Å². The van der Waals surface area contributed by atoms with Crippen LogP contribution in [0.5, 0.6) is 0 Å². The average molecular weight is 194 g/mol. The van der Waals surface area contributed by atoms with Gasteiger partial charge in [0.2, 0.25) is 0 Å². The third-order valence-electron chi connectivity index (χ3n) is 3.01. The molecule has 2 rings (SSSR count). The molecule has 1 N–H and O–H groups in total. The highest BCUT2D eigenvalue weighted by atomic mass is 19.4. The summed E-state index contributed by atoms with van der Waals surface area (Å²) >= 11 is 0. The van der Waals surface area contributed by atoms with Gasteiger partial charge >= 0.3 is 6.30 Å². The molecule has 76 valence electrons. The number of alkyl halides is 3. The van der Waals surface area contributed by atoms with Crippen LogP contribution in [0.4, 0.5) is 13.2 Å². The van der Waals surface area contributed by atoms with E-state index in [1.807, 2.05) is 0 Å². The Balaban J connectivity index is 1.85. The fourth-order valence-electron chi connectivity index (χ4n) is 2.51. The van der Waals surface area contributed by atoms with Gasteiger partial charge in [-0.25, -0.2) is 5.01 Å². The number of hydrazine groups is 1. The van der Waals surface area contributed by atoms with Crippen molar-refractivity contribution in [2.45, 2.75) is 25.6 Å². The third-order valence-corrected chi connectivity index (χ3v) is 3.01. The summed E-state index contributed by atoms with van der Waals surface area (Å²) in [5, 5.41) is 1.31. The SMILES string of the molecule is FC(F)(F)NN1CC2CCC[C@H]2C1. The molecule has 0 aromatic carbocycles. The van der Waals surface area contributed by atoms with E-state index in [4.69, 9.17) is 0 Å². The van der Waals surface area contributed by atoms with Crippen LogP contribution in [0.3, 0.4) is 0 Å². The van der Waals surface area contributed by atoms with E-state index in [1.165, 1.54) is 11.4 Å². The molecule has 1 saturated heterocycles. The maximum absolute atomic E-state index is 11.9. The zero-order chi connectivity index (χ0) is 9.47. The predicted molar refractivity (Wildman–Crippen MR) is 41.6 cm³/mol. The Kier molecular flexibility index (Phi) is 2.23. The van der Waals surface area contributed by atoms with Crippen LogP contribution in [-0.2, 0) is 0 Å². The Labute approximate surface area is 75.1 Å². The summed E-state index contributed by atoms with van der Waals surface area (Å²) in [7, 11) is 0. The van der Waals surface area contributed by atoms with E-state index in [-0.39, 0.29) is 0 Å². The number of nitrogens with zero attached hydrogens (tertiary/aromatic N) is 1. The molecule has 0 radical (unpaired) electrons. The second-order valence-corrected chi connectivity index (χ2v) is 3.97. The standard InChI is InChI=1S/C8H13F3N2/c9-8(10,11)12-13-4-6-2-1-3-7(6)5-13/h6-7,12H,1-5H2/t6-,7?/m0/s1. The largest absolute Gasteiger partial charge is 0.470 e. The van der Waals surface area contributed by atoms with Gasteiger partial charge in [-0.15, -0.1) is 0 Å². The predicted octanol–water partition coefficient (Wildman–Crippen LogP) is 1.74. The van der Waals surface area contributed by atoms with E-state index >= 15 is 0 Å². The Bertz CT molecular complexity index is 180. The molecule has 2 nitrogen and oxygen atoms in total. The molecule has 5 heteroatoms. The number of hydrogen-bond acceptors (Lipinski definition) is 2. The average Bonchev–Trinajstić information content (AvgIpc) is 2.40. The molecular weight excluding hydrogens is 181 g/mol. The van der Waals surface area contributed by atoms with Gasteiger partial charge in [0.25, 0.3) is 0 Å². The summed E-state index contributed by atoms with van der Waals surface area (Å²) in [6.45, 7) is 1.12. The molecule has 2 fully saturated rings. The molecule has 1 saturated carbocycles. The van der Waals surface area contributed by atoms with Crippen molar-refractivity contribution in [3.63, 3.8) is 0 Å². The van der Waals surface area contributed by atoms with Crippen LogP contribution in [0.15, 0.2) is 0 Å². The van der Waals surface area contributed by atoms with Crippen LogP contribution >= 0.6 is 0 Å². The highest BCUT2D eigenvalue weighted by Gasteiger charge is 2.40. The molecule has 1 unspecified atom stereocenters. The molecule has 0 amide bonds. The summed E-state index contributed by atoms with van der Waals surface area (Å²) < 4.78 is 35.8. The van der Waals surface area contributed by atoms with Gasteiger partial charge in [-0.1, -0.05) is 6.42 Å². The van der Waals surface area contributed by atoms with Crippen LogP contribution in [0.25, 0.3) is 0 Å². The molecule has 0 spiro atoms. The Morgan fingerprint density at radius 3 is 2.08 bits per heavy atom. The van der Waals surface area contributed by atoms with Crippen molar-refractivity contribution in [2.75, 3.05) is 13.1 Å². The van der Waals surface area contributed by atoms with E-state index in [2.05, 4.69) is 0 Å². The highest BCUT2D eigenvalue weighted by Crippen LogP contribution is 2.37. The van der Waals surface area contributed by atoms with Crippen molar-refractivity contribution >= 4 is 0 Å². The quantitative estimate of drug-likeness (QED) is 0.640. The van der Waals surface area contributed by atoms with Gasteiger partial charge in [0.05, 0.1) is 0 Å². The first kappa shape index (κ1) is 9.27. The minimum Gasteiger partial charge on any atom is -0.237 e. The molecule has 0 bridgehead atoms. The van der Waals surface area contributed by atoms with Crippen LogP contribution < -0.4 is 5.43 Å². The van der Waals surface area contributed by atoms with Crippen molar-refractivity contribution < 1.29 is 13.2 Å². The zero-order valence-electron chi connectivity index (χ0n) is 7.27. The van der Waals surface area contributed by atoms with E-state index in [9.17, 15) is 13.2 Å². The molecule has 1 aliphatic heterocycles. The lowest BCUT2D eigenvalue weighted by Crippen LogP contribution is -2.45. The highest BCUT2D eigenvalue weighted by molar-refractivity contribution is 4.87. The number of nitrogens with one attached hydrogen (secondary N) is 1. The molecule has 2 aliphatic rings. The van der Waals surface area contributed by atoms with Crippen molar-refractivity contribution in [3.8, 4) is 0 Å². The maximum Gasteiger partial charge on any atom is 0.470 e. The third kappa shape index (κ3) is 2.14. The van der Waals surface area contributed by atoms with Gasteiger partial charge in [0.1, 0.15) is 0 Å². The minimum atomic E-state index is -4.27. The lowest BCUT2D eigenvalue weighted by Gasteiger charge is -2.19. The summed E-state index contributed by atoms with van der Waals surface area (Å²) in [5.74, 6) is 0.990. The molecule has 1 heterocycles. The summed E-state index contributed by atoms with van der Waals surface area (Å²) in [6, 6.07) is 0. The van der Waals surface area contributed by atoms with Gasteiger partial charge in [0, 0.05) is 13.1 Å². The van der Waals surface area contributed by atoms with Crippen LogP contribution in [0, 0.1) is 11.8 Å². The Morgan fingerprint density at radius 1 is 1.08 bits per heavy atom. The monoisotopic (exact) mass is 194 g/mol. The fourth-order valence-corrected chi connectivity index (χ4v) is 2.51. The van der Waals surface area contributed by atoms with Crippen molar-refractivity contribution in [1.29, 1.82) is 0 Å². The van der Waals surface area contributed by atoms with Crippen molar-refractivity contribution in [2.24, 2.45) is 11.8 Å². The van der Waals surface area contributed by atoms with Crippen molar-refractivity contribution in [3.05, 3.63) is 0 Å². The molecule has 1 aliphatic carbocycles. The van der Waals surface area contributed by atoms with E-state index in [0.717, 1.165) is 12.8 Å². The second kappa shape index (κ2) is 3.13. The summed E-state index contributed by atoms with van der Waals surface area (Å²) in [4.78, 5) is 0. The van der Waals surface area contributed by atoms with Gasteiger partial charge in [0.15, 0.2) is 0 Å². The van der Waals surface area contributed by atoms with Crippen LogP contribution in [0.2, 0.25) is 0 Å². The number of hydrogen-bond donors (Lipinski definition) is 1. The molecule has 0 aromatic heterocycles. The second-order valence-electron chi connectivity index (χ2n) is 3.97. The van der Waals surface area contributed by atoms with Gasteiger partial charge in [-0.2, -0.15) is 18.6 Å². The number of rotatable bonds is 1. The molecular formula is C8H13F3N2. The number of fused-ring (bicyclic) bond motifs is 1. The summed E-state index contributed by atoms with van der Waals surface area (Å²) in [5.41, 5.74) is 1.58. The lowest BCUT2D eigenvalue weighted by molar-refractivity contribution is -0.196.